The Labute approximate surface area is 131 Å². The van der Waals surface area contributed by atoms with Crippen molar-refractivity contribution in [3.8, 4) is 0 Å². The van der Waals surface area contributed by atoms with Gasteiger partial charge in [-0.15, -0.1) is 0 Å². The fraction of sp³-hybridized carbons (Fsp3) is 1.00. The Balaban J connectivity index is 1.66. The molecule has 122 valence electrons. The maximum atomic E-state index is 6.33. The highest BCUT2D eigenvalue weighted by Crippen LogP contribution is 2.52. The predicted octanol–water partition coefficient (Wildman–Crippen LogP) is 4.33. The Hall–Kier alpha value is -0.0800. The van der Waals surface area contributed by atoms with E-state index in [-0.39, 0.29) is 0 Å². The van der Waals surface area contributed by atoms with E-state index in [0.29, 0.717) is 5.54 Å². The first-order valence-corrected chi connectivity index (χ1v) is 9.52. The molecule has 3 aliphatic carbocycles. The number of nitrogens with two attached hydrogens (primary N) is 1. The van der Waals surface area contributed by atoms with Gasteiger partial charge in [0.05, 0.1) is 0 Å². The Morgan fingerprint density at radius 1 is 0.952 bits per heavy atom. The minimum atomic E-state index is 0.315. The Morgan fingerprint density at radius 2 is 1.62 bits per heavy atom. The summed E-state index contributed by atoms with van der Waals surface area (Å²) in [5.74, 6) is 0.908. The van der Waals surface area contributed by atoms with Crippen molar-refractivity contribution in [2.75, 3.05) is 13.6 Å². The predicted molar refractivity (Wildman–Crippen MR) is 90.3 cm³/mol. The molecule has 1 spiro atoms. The van der Waals surface area contributed by atoms with Gasteiger partial charge in [-0.2, -0.15) is 0 Å². The third-order valence-electron chi connectivity index (χ3n) is 7.49. The zero-order chi connectivity index (χ0) is 14.9. The summed E-state index contributed by atoms with van der Waals surface area (Å²) in [5, 5.41) is 0. The molecule has 2 nitrogen and oxygen atoms in total. The summed E-state index contributed by atoms with van der Waals surface area (Å²) in [7, 11) is 2.39. The van der Waals surface area contributed by atoms with Crippen molar-refractivity contribution in [1.82, 2.24) is 4.90 Å². The lowest BCUT2D eigenvalue weighted by Crippen LogP contribution is -2.59. The largest absolute Gasteiger partial charge is 0.329 e. The smallest absolute Gasteiger partial charge is 0.0332 e. The lowest BCUT2D eigenvalue weighted by atomic mass is 9.65. The highest BCUT2D eigenvalue weighted by atomic mass is 15.2. The fourth-order valence-electron chi connectivity index (χ4n) is 5.71. The summed E-state index contributed by atoms with van der Waals surface area (Å²) in [6, 6.07) is 0.787. The standard InChI is InChI=1S/C19H36N2/c1-16-6-5-7-17(14-16)21(2)19(15-20)12-10-18(11-13-19)8-3-4-9-18/h16-17H,3-15,20H2,1-2H3. The molecular formula is C19H36N2. The zero-order valence-electron chi connectivity index (χ0n) is 14.4. The summed E-state index contributed by atoms with van der Waals surface area (Å²) >= 11 is 0. The van der Waals surface area contributed by atoms with Gasteiger partial charge in [0.25, 0.3) is 0 Å². The number of hydrogen-bond acceptors (Lipinski definition) is 2. The van der Waals surface area contributed by atoms with Gasteiger partial charge in [0.15, 0.2) is 0 Å². The molecule has 0 aliphatic heterocycles. The zero-order valence-corrected chi connectivity index (χ0v) is 14.4. The lowest BCUT2D eigenvalue weighted by Gasteiger charge is -2.53. The van der Waals surface area contributed by atoms with Crippen LogP contribution in [0.4, 0.5) is 0 Å². The minimum Gasteiger partial charge on any atom is -0.329 e. The fourth-order valence-corrected chi connectivity index (χ4v) is 5.71. The molecule has 2 unspecified atom stereocenters. The molecule has 0 aromatic carbocycles. The van der Waals surface area contributed by atoms with Crippen molar-refractivity contribution >= 4 is 0 Å². The highest BCUT2D eigenvalue weighted by molar-refractivity contribution is 5.02. The molecule has 0 heterocycles. The molecule has 0 radical (unpaired) electrons. The molecule has 0 saturated heterocycles. The quantitative estimate of drug-likeness (QED) is 0.839. The molecule has 21 heavy (non-hydrogen) atoms. The van der Waals surface area contributed by atoms with Crippen LogP contribution in [-0.2, 0) is 0 Å². The third kappa shape index (κ3) is 3.03. The van der Waals surface area contributed by atoms with E-state index < -0.39 is 0 Å². The Morgan fingerprint density at radius 3 is 2.19 bits per heavy atom. The van der Waals surface area contributed by atoms with Gasteiger partial charge < -0.3 is 5.73 Å². The molecular weight excluding hydrogens is 256 g/mol. The van der Waals surface area contributed by atoms with Crippen LogP contribution in [0.15, 0.2) is 0 Å². The van der Waals surface area contributed by atoms with Crippen molar-refractivity contribution in [3.05, 3.63) is 0 Å². The third-order valence-corrected chi connectivity index (χ3v) is 7.49. The van der Waals surface area contributed by atoms with Gasteiger partial charge in [0.1, 0.15) is 0 Å². The van der Waals surface area contributed by atoms with Gasteiger partial charge in [0.2, 0.25) is 0 Å². The molecule has 0 amide bonds. The second-order valence-corrected chi connectivity index (χ2v) is 8.67. The van der Waals surface area contributed by atoms with Gasteiger partial charge >= 0.3 is 0 Å². The van der Waals surface area contributed by atoms with Gasteiger partial charge in [-0.3, -0.25) is 4.90 Å². The lowest BCUT2D eigenvalue weighted by molar-refractivity contribution is -0.0101. The van der Waals surface area contributed by atoms with E-state index in [4.69, 9.17) is 5.73 Å². The number of likely N-dealkylation sites (N-methyl/N-ethyl adjacent to an activating group) is 1. The van der Waals surface area contributed by atoms with Crippen LogP contribution in [0.5, 0.6) is 0 Å². The van der Waals surface area contributed by atoms with Gasteiger partial charge in [-0.25, -0.2) is 0 Å². The summed E-state index contributed by atoms with van der Waals surface area (Å²) in [6.07, 6.45) is 17.2. The monoisotopic (exact) mass is 292 g/mol. The number of rotatable bonds is 3. The molecule has 2 heteroatoms. The topological polar surface area (TPSA) is 29.3 Å². The first kappa shape index (κ1) is 15.8. The van der Waals surface area contributed by atoms with Crippen LogP contribution in [0.2, 0.25) is 0 Å². The van der Waals surface area contributed by atoms with Crippen LogP contribution in [0, 0.1) is 11.3 Å². The highest BCUT2D eigenvalue weighted by Gasteiger charge is 2.46. The van der Waals surface area contributed by atoms with E-state index >= 15 is 0 Å². The molecule has 0 aromatic heterocycles. The molecule has 3 rings (SSSR count). The molecule has 0 bridgehead atoms. The maximum absolute atomic E-state index is 6.33. The van der Waals surface area contributed by atoms with E-state index in [1.807, 2.05) is 0 Å². The minimum absolute atomic E-state index is 0.315. The summed E-state index contributed by atoms with van der Waals surface area (Å²) in [4.78, 5) is 2.74. The SMILES string of the molecule is CC1CCCC(N(C)C2(CN)CCC3(CCCC3)CC2)C1. The maximum Gasteiger partial charge on any atom is 0.0332 e. The van der Waals surface area contributed by atoms with E-state index in [0.717, 1.165) is 23.9 Å². The second-order valence-electron chi connectivity index (χ2n) is 8.67. The van der Waals surface area contributed by atoms with E-state index in [1.165, 1.54) is 77.0 Å². The molecule has 3 saturated carbocycles. The van der Waals surface area contributed by atoms with Crippen molar-refractivity contribution < 1.29 is 0 Å². The van der Waals surface area contributed by atoms with Crippen LogP contribution in [0.1, 0.15) is 84.0 Å². The molecule has 2 N–H and O–H groups in total. The van der Waals surface area contributed by atoms with Crippen molar-refractivity contribution in [2.24, 2.45) is 17.1 Å². The number of hydrogen-bond donors (Lipinski definition) is 1. The summed E-state index contributed by atoms with van der Waals surface area (Å²) < 4.78 is 0. The van der Waals surface area contributed by atoms with E-state index in [9.17, 15) is 0 Å². The average molecular weight is 293 g/mol. The van der Waals surface area contributed by atoms with Crippen LogP contribution < -0.4 is 5.73 Å². The first-order chi connectivity index (χ1) is 10.1. The van der Waals surface area contributed by atoms with Crippen LogP contribution in [0.25, 0.3) is 0 Å². The molecule has 3 fully saturated rings. The van der Waals surface area contributed by atoms with Crippen molar-refractivity contribution in [3.63, 3.8) is 0 Å². The van der Waals surface area contributed by atoms with Gasteiger partial charge in [0, 0.05) is 18.1 Å². The van der Waals surface area contributed by atoms with Gasteiger partial charge in [-0.05, 0) is 69.7 Å². The molecule has 0 aromatic rings. The van der Waals surface area contributed by atoms with Crippen LogP contribution >= 0.6 is 0 Å². The van der Waals surface area contributed by atoms with E-state index in [2.05, 4.69) is 18.9 Å². The van der Waals surface area contributed by atoms with E-state index in [1.54, 1.807) is 0 Å². The van der Waals surface area contributed by atoms with Gasteiger partial charge in [-0.1, -0.05) is 32.6 Å². The average Bonchev–Trinajstić information content (AvgIpc) is 2.96. The first-order valence-electron chi connectivity index (χ1n) is 9.52. The summed E-state index contributed by atoms with van der Waals surface area (Å²) in [5.41, 5.74) is 7.36. The van der Waals surface area contributed by atoms with Crippen LogP contribution in [-0.4, -0.2) is 30.1 Å². The second kappa shape index (κ2) is 6.20. The van der Waals surface area contributed by atoms with Crippen LogP contribution in [0.3, 0.4) is 0 Å². The molecule has 2 atom stereocenters. The van der Waals surface area contributed by atoms with Crippen molar-refractivity contribution in [1.29, 1.82) is 0 Å². The normalized spacial score (nSPS) is 35.4. The Bertz CT molecular complexity index is 335. The number of nitrogens with zero attached hydrogens (tertiary/aromatic N) is 1. The van der Waals surface area contributed by atoms with Crippen molar-refractivity contribution in [2.45, 2.75) is 95.6 Å². The summed E-state index contributed by atoms with van der Waals surface area (Å²) in [6.45, 7) is 3.30. The Kier molecular flexibility index (Phi) is 4.66. The molecule has 3 aliphatic rings.